The molecular weight excluding hydrogens is 247 g/mol. The average molecular weight is 262 g/mol. The van der Waals surface area contributed by atoms with Crippen LogP contribution in [-0.4, -0.2) is 26.0 Å². The first-order valence-electron chi connectivity index (χ1n) is 5.92. The van der Waals surface area contributed by atoms with E-state index in [1.165, 1.54) is 16.9 Å². The van der Waals surface area contributed by atoms with E-state index >= 15 is 0 Å². The molecule has 0 saturated heterocycles. The Hall–Kier alpha value is -2.11. The van der Waals surface area contributed by atoms with E-state index in [0.717, 1.165) is 5.56 Å². The molecule has 0 N–H and O–H groups in total. The van der Waals surface area contributed by atoms with Crippen LogP contribution in [0.5, 0.6) is 0 Å². The number of nitrogens with zero attached hydrogens (tertiary/aromatic N) is 4. The normalized spacial score (nSPS) is 11.6. The number of hydrogen-bond donors (Lipinski definition) is 0. The van der Waals surface area contributed by atoms with Crippen molar-refractivity contribution in [1.29, 1.82) is 0 Å². The molecule has 0 aliphatic carbocycles. The third-order valence-corrected chi connectivity index (χ3v) is 3.13. The van der Waals surface area contributed by atoms with Crippen LogP contribution in [-0.2, 0) is 23.7 Å². The maximum absolute atomic E-state index is 12.9. The van der Waals surface area contributed by atoms with Crippen molar-refractivity contribution in [1.82, 2.24) is 20.2 Å². The highest BCUT2D eigenvalue weighted by molar-refractivity contribution is 5.90. The number of Topliss-reactive ketones (excluding diaryl/α,β-unsaturated/α-hetero) is 1. The van der Waals surface area contributed by atoms with Crippen molar-refractivity contribution in [2.75, 3.05) is 0 Å². The number of carbonyl (C=O) groups excluding carboxylic acids is 1. The van der Waals surface area contributed by atoms with Gasteiger partial charge in [-0.15, -0.1) is 10.2 Å². The topological polar surface area (TPSA) is 60.7 Å². The van der Waals surface area contributed by atoms with Gasteiger partial charge in [0.2, 0.25) is 0 Å². The molecule has 0 spiro atoms. The van der Waals surface area contributed by atoms with Gasteiger partial charge in [-0.2, -0.15) is 4.80 Å². The molecule has 1 heterocycles. The summed E-state index contributed by atoms with van der Waals surface area (Å²) in [6.07, 6.45) is 0.109. The van der Waals surface area contributed by atoms with Crippen molar-refractivity contribution in [3.63, 3.8) is 0 Å². The summed E-state index contributed by atoms with van der Waals surface area (Å²) in [5.74, 6) is 0.0392. The van der Waals surface area contributed by atoms with Crippen molar-refractivity contribution >= 4 is 5.78 Å². The number of tetrazole rings is 1. The van der Waals surface area contributed by atoms with E-state index in [2.05, 4.69) is 15.4 Å². The minimum Gasteiger partial charge on any atom is -0.298 e. The largest absolute Gasteiger partial charge is 0.298 e. The van der Waals surface area contributed by atoms with Gasteiger partial charge in [0, 0.05) is 5.41 Å². The van der Waals surface area contributed by atoms with Crippen molar-refractivity contribution in [2.24, 2.45) is 7.05 Å². The summed E-state index contributed by atoms with van der Waals surface area (Å²) in [7, 11) is 1.64. The highest BCUT2D eigenvalue weighted by Crippen LogP contribution is 2.25. The quantitative estimate of drug-likeness (QED) is 0.836. The van der Waals surface area contributed by atoms with Gasteiger partial charge in [-0.1, -0.05) is 12.1 Å². The Balaban J connectivity index is 2.19. The van der Waals surface area contributed by atoms with Crippen LogP contribution in [0.15, 0.2) is 24.3 Å². The Kier molecular flexibility index (Phi) is 3.42. The summed E-state index contributed by atoms with van der Waals surface area (Å²) in [5.41, 5.74) is 0.0511. The van der Waals surface area contributed by atoms with E-state index in [1.54, 1.807) is 33.0 Å². The van der Waals surface area contributed by atoms with Gasteiger partial charge in [0.15, 0.2) is 11.6 Å². The number of ketones is 1. The maximum Gasteiger partial charge on any atom is 0.182 e. The van der Waals surface area contributed by atoms with Gasteiger partial charge in [-0.25, -0.2) is 4.39 Å². The third-order valence-electron chi connectivity index (χ3n) is 3.13. The summed E-state index contributed by atoms with van der Waals surface area (Å²) >= 11 is 0. The lowest BCUT2D eigenvalue weighted by Crippen LogP contribution is -2.31. The minimum absolute atomic E-state index is 0.0351. The summed E-state index contributed by atoms with van der Waals surface area (Å²) in [4.78, 5) is 13.6. The van der Waals surface area contributed by atoms with Crippen molar-refractivity contribution in [3.8, 4) is 0 Å². The minimum atomic E-state index is -0.715. The molecule has 0 amide bonds. The van der Waals surface area contributed by atoms with Crippen LogP contribution < -0.4 is 0 Å². The second-order valence-electron chi connectivity index (χ2n) is 4.93. The SMILES string of the molecule is Cn1nnc(CC(=O)C(C)(C)c2ccc(F)cc2)n1. The number of carbonyl (C=O) groups is 1. The summed E-state index contributed by atoms with van der Waals surface area (Å²) in [6, 6.07) is 5.95. The Morgan fingerprint density at radius 1 is 1.32 bits per heavy atom. The first-order chi connectivity index (χ1) is 8.89. The van der Waals surface area contributed by atoms with Gasteiger partial charge in [0.05, 0.1) is 13.5 Å². The van der Waals surface area contributed by atoms with Crippen molar-refractivity contribution in [2.45, 2.75) is 25.7 Å². The molecule has 100 valence electrons. The number of hydrogen-bond acceptors (Lipinski definition) is 4. The fourth-order valence-corrected chi connectivity index (χ4v) is 1.79. The molecule has 0 unspecified atom stereocenters. The summed E-state index contributed by atoms with van der Waals surface area (Å²) in [5, 5.41) is 11.5. The Morgan fingerprint density at radius 3 is 2.47 bits per heavy atom. The Morgan fingerprint density at radius 2 is 1.95 bits per heavy atom. The molecule has 0 fully saturated rings. The van der Waals surface area contributed by atoms with E-state index in [1.807, 2.05) is 0 Å². The molecule has 0 bridgehead atoms. The standard InChI is InChI=1S/C13H15FN4O/c1-13(2,9-4-6-10(14)7-5-9)11(19)8-12-15-17-18(3)16-12/h4-7H,8H2,1-3H3. The van der Waals surface area contributed by atoms with Crippen LogP contribution in [0.2, 0.25) is 0 Å². The molecular formula is C13H15FN4O. The van der Waals surface area contributed by atoms with E-state index < -0.39 is 5.41 Å². The molecule has 1 aromatic heterocycles. The van der Waals surface area contributed by atoms with Crippen LogP contribution in [0.4, 0.5) is 4.39 Å². The van der Waals surface area contributed by atoms with Crippen LogP contribution >= 0.6 is 0 Å². The third kappa shape index (κ3) is 2.83. The van der Waals surface area contributed by atoms with Crippen molar-refractivity contribution in [3.05, 3.63) is 41.5 Å². The highest BCUT2D eigenvalue weighted by Gasteiger charge is 2.30. The predicted octanol–water partition coefficient (Wildman–Crippen LogP) is 1.44. The van der Waals surface area contributed by atoms with Crippen LogP contribution in [0.1, 0.15) is 25.2 Å². The molecule has 0 radical (unpaired) electrons. The molecule has 5 nitrogen and oxygen atoms in total. The van der Waals surface area contributed by atoms with E-state index in [9.17, 15) is 9.18 Å². The zero-order valence-electron chi connectivity index (χ0n) is 11.1. The lowest BCUT2D eigenvalue weighted by atomic mass is 9.79. The molecule has 0 saturated carbocycles. The van der Waals surface area contributed by atoms with Crippen LogP contribution in [0.3, 0.4) is 0 Å². The van der Waals surface area contributed by atoms with Crippen LogP contribution in [0, 0.1) is 5.82 Å². The number of rotatable bonds is 4. The molecule has 0 aliphatic rings. The highest BCUT2D eigenvalue weighted by atomic mass is 19.1. The molecule has 2 aromatic rings. The monoisotopic (exact) mass is 262 g/mol. The fraction of sp³-hybridized carbons (Fsp3) is 0.385. The Bertz CT molecular complexity index is 589. The lowest BCUT2D eigenvalue weighted by molar-refractivity contribution is -0.122. The smallest absolute Gasteiger partial charge is 0.182 e. The zero-order chi connectivity index (χ0) is 14.0. The number of benzene rings is 1. The number of halogens is 1. The van der Waals surface area contributed by atoms with E-state index in [0.29, 0.717) is 5.82 Å². The van der Waals surface area contributed by atoms with Gasteiger partial charge in [0.1, 0.15) is 5.82 Å². The zero-order valence-corrected chi connectivity index (χ0v) is 11.1. The first-order valence-corrected chi connectivity index (χ1v) is 5.92. The second-order valence-corrected chi connectivity index (χ2v) is 4.93. The van der Waals surface area contributed by atoms with E-state index in [-0.39, 0.29) is 18.0 Å². The summed E-state index contributed by atoms with van der Waals surface area (Å²) in [6.45, 7) is 3.61. The molecule has 0 aliphatic heterocycles. The molecule has 6 heteroatoms. The fourth-order valence-electron chi connectivity index (χ4n) is 1.79. The summed E-state index contributed by atoms with van der Waals surface area (Å²) < 4.78 is 12.9. The second kappa shape index (κ2) is 4.87. The van der Waals surface area contributed by atoms with Gasteiger partial charge in [-0.05, 0) is 36.8 Å². The van der Waals surface area contributed by atoms with Crippen LogP contribution in [0.25, 0.3) is 0 Å². The molecule has 1 aromatic carbocycles. The van der Waals surface area contributed by atoms with E-state index in [4.69, 9.17) is 0 Å². The molecule has 0 atom stereocenters. The van der Waals surface area contributed by atoms with Gasteiger partial charge in [0.25, 0.3) is 0 Å². The van der Waals surface area contributed by atoms with Gasteiger partial charge in [-0.3, -0.25) is 4.79 Å². The molecule has 2 rings (SSSR count). The lowest BCUT2D eigenvalue weighted by Gasteiger charge is -2.23. The van der Waals surface area contributed by atoms with Gasteiger partial charge >= 0.3 is 0 Å². The average Bonchev–Trinajstić information content (AvgIpc) is 2.75. The predicted molar refractivity (Wildman–Crippen MR) is 66.9 cm³/mol. The number of aryl methyl sites for hydroxylation is 1. The van der Waals surface area contributed by atoms with Gasteiger partial charge < -0.3 is 0 Å². The molecule has 19 heavy (non-hydrogen) atoms. The Labute approximate surface area is 110 Å². The van der Waals surface area contributed by atoms with Crippen molar-refractivity contribution < 1.29 is 9.18 Å². The first kappa shape index (κ1) is 13.3. The number of aromatic nitrogens is 4. The maximum atomic E-state index is 12.9.